The third-order valence-electron chi connectivity index (χ3n) is 6.76. The number of amidine groups is 1. The van der Waals surface area contributed by atoms with Crippen LogP contribution < -0.4 is 15.8 Å². The smallest absolute Gasteiger partial charge is 0.361 e. The minimum Gasteiger partial charge on any atom is -0.361 e. The summed E-state index contributed by atoms with van der Waals surface area (Å²) in [5.41, 5.74) is 11.5. The number of halogens is 3. The van der Waals surface area contributed by atoms with Gasteiger partial charge in [0.2, 0.25) is 6.20 Å². The molecule has 0 unspecified atom stereocenters. The van der Waals surface area contributed by atoms with Gasteiger partial charge in [0.15, 0.2) is 6.54 Å². The third-order valence-corrected chi connectivity index (χ3v) is 6.76. The van der Waals surface area contributed by atoms with E-state index in [4.69, 9.17) is 11.1 Å². The molecule has 0 radical (unpaired) electrons. The maximum absolute atomic E-state index is 12.8. The van der Waals surface area contributed by atoms with Gasteiger partial charge in [0.05, 0.1) is 5.39 Å². The molecule has 2 aromatic carbocycles. The second kappa shape index (κ2) is 10.7. The Kier molecular flexibility index (Phi) is 7.20. The molecule has 1 aliphatic heterocycles. The Morgan fingerprint density at radius 3 is 2.54 bits per heavy atom. The molecule has 1 amide bonds. The first-order chi connectivity index (χ1) is 18.7. The minimum atomic E-state index is -4.86. The number of aromatic nitrogens is 3. The molecule has 1 fully saturated rings. The van der Waals surface area contributed by atoms with E-state index < -0.39 is 12.1 Å². The summed E-state index contributed by atoms with van der Waals surface area (Å²) in [7, 11) is 0. The van der Waals surface area contributed by atoms with Gasteiger partial charge in [0, 0.05) is 49.5 Å². The molecular weight excluding hydrogens is 509 g/mol. The van der Waals surface area contributed by atoms with E-state index in [0.29, 0.717) is 31.9 Å². The van der Waals surface area contributed by atoms with Crippen LogP contribution >= 0.6 is 0 Å². The summed E-state index contributed by atoms with van der Waals surface area (Å²) >= 11 is 0. The van der Waals surface area contributed by atoms with Crippen molar-refractivity contribution in [2.45, 2.75) is 19.3 Å². The number of hydrogen-bond donors (Lipinski definition) is 4. The van der Waals surface area contributed by atoms with Crippen molar-refractivity contribution in [1.82, 2.24) is 19.9 Å². The van der Waals surface area contributed by atoms with Gasteiger partial charge in [-0.1, -0.05) is 36.4 Å². The van der Waals surface area contributed by atoms with Crippen LogP contribution in [0.2, 0.25) is 0 Å². The number of aliphatic imine (C=N–C) groups is 1. The van der Waals surface area contributed by atoms with Crippen LogP contribution in [-0.2, 0) is 17.9 Å². The van der Waals surface area contributed by atoms with Gasteiger partial charge in [-0.3, -0.25) is 15.1 Å². The lowest BCUT2D eigenvalue weighted by Crippen LogP contribution is -2.52. The Hall–Kier alpha value is -4.45. The predicted molar refractivity (Wildman–Crippen MR) is 140 cm³/mol. The zero-order valence-corrected chi connectivity index (χ0v) is 21.1. The van der Waals surface area contributed by atoms with E-state index >= 15 is 0 Å². The average Bonchev–Trinajstić information content (AvgIpc) is 3.52. The van der Waals surface area contributed by atoms with Crippen LogP contribution in [0.5, 0.6) is 0 Å². The number of rotatable bonds is 7. The first kappa shape index (κ1) is 26.2. The first-order valence-corrected chi connectivity index (χ1v) is 12.4. The maximum Gasteiger partial charge on any atom is 0.471 e. The highest BCUT2D eigenvalue weighted by Crippen LogP contribution is 2.28. The number of alkyl halides is 3. The second-order valence-corrected chi connectivity index (χ2v) is 9.47. The Morgan fingerprint density at radius 2 is 1.85 bits per heavy atom. The maximum atomic E-state index is 12.8. The van der Waals surface area contributed by atoms with Gasteiger partial charge in [-0.05, 0) is 28.8 Å². The molecule has 6 N–H and O–H groups in total. The van der Waals surface area contributed by atoms with Crippen LogP contribution in [0.4, 0.5) is 13.2 Å². The fourth-order valence-electron chi connectivity index (χ4n) is 4.85. The lowest BCUT2D eigenvalue weighted by molar-refractivity contribution is -0.740. The number of nitrogens with zero attached hydrogens (tertiary/aromatic N) is 4. The molecule has 12 heteroatoms. The summed E-state index contributed by atoms with van der Waals surface area (Å²) in [6.07, 6.45) is -1.68. The van der Waals surface area contributed by atoms with Crippen LogP contribution in [0.1, 0.15) is 17.0 Å². The van der Waals surface area contributed by atoms with Crippen molar-refractivity contribution in [1.29, 1.82) is 0 Å². The molecule has 2 aromatic heterocycles. The summed E-state index contributed by atoms with van der Waals surface area (Å²) in [4.78, 5) is 21.7. The van der Waals surface area contributed by atoms with Crippen LogP contribution in [-0.4, -0.2) is 70.3 Å². The zero-order chi connectivity index (χ0) is 27.6. The standard InChI is InChI=1S/C27H27F3N8O/c28-27(29,30)26(39)37-10-8-36(9-11-37)16-21-13-22(24(34-21)25(32)33-17-31)19-6-7-20-15-38(35-23(20)12-19)14-18-4-2-1-3-5-18/h1-7,12-13,15,17H,8-11,14,16H2,(H4,31,32,33,34,35)/p+2. The molecule has 39 heavy (non-hydrogen) atoms. The average molecular weight is 539 g/mol. The molecule has 4 aromatic rings. The van der Waals surface area contributed by atoms with Crippen LogP contribution in [0.3, 0.4) is 0 Å². The number of carbonyl (C=O) groups excluding carboxylic acids is 1. The van der Waals surface area contributed by atoms with E-state index in [1.807, 2.05) is 52.0 Å². The Bertz CT molecular complexity index is 1520. The van der Waals surface area contributed by atoms with Gasteiger partial charge < -0.3 is 15.6 Å². The Morgan fingerprint density at radius 1 is 1.10 bits per heavy atom. The Labute approximate surface area is 222 Å². The third kappa shape index (κ3) is 5.85. The largest absolute Gasteiger partial charge is 0.471 e. The van der Waals surface area contributed by atoms with Gasteiger partial charge in [-0.25, -0.2) is 0 Å². The van der Waals surface area contributed by atoms with Crippen molar-refractivity contribution in [3.05, 3.63) is 77.7 Å². The number of piperazine rings is 1. The molecular formula is C27H29F3N8O+2. The van der Waals surface area contributed by atoms with Gasteiger partial charge in [0.25, 0.3) is 12.2 Å². The van der Waals surface area contributed by atoms with Crippen molar-refractivity contribution in [2.75, 3.05) is 26.2 Å². The normalized spacial score (nSPS) is 15.2. The lowest BCUT2D eigenvalue weighted by Gasteiger charge is -2.34. The summed E-state index contributed by atoms with van der Waals surface area (Å²) in [5.74, 6) is -1.58. The molecule has 0 atom stereocenters. The summed E-state index contributed by atoms with van der Waals surface area (Å²) in [5, 5.41) is 9.96. The SMILES string of the molecule is NC(=NC=[NH2+])c1[nH]c(CN2CCN(C(=O)C(F)(F)F)CC2)cc1-c1ccc2c[n+](Cc3ccccc3)[nH]c2c1. The molecule has 202 valence electrons. The van der Waals surface area contributed by atoms with E-state index in [-0.39, 0.29) is 18.9 Å². The number of nitrogens with two attached hydrogens (primary N) is 2. The van der Waals surface area contributed by atoms with E-state index in [0.717, 1.165) is 39.0 Å². The second-order valence-electron chi connectivity index (χ2n) is 9.47. The van der Waals surface area contributed by atoms with Crippen molar-refractivity contribution in [3.8, 4) is 11.1 Å². The van der Waals surface area contributed by atoms with Gasteiger partial charge in [-0.2, -0.15) is 18.3 Å². The van der Waals surface area contributed by atoms with Gasteiger partial charge in [0.1, 0.15) is 11.2 Å². The van der Waals surface area contributed by atoms with Gasteiger partial charge >= 0.3 is 12.1 Å². The van der Waals surface area contributed by atoms with E-state index in [9.17, 15) is 18.0 Å². The molecule has 5 rings (SSSR count). The minimum absolute atomic E-state index is 0.0109. The number of fused-ring (bicyclic) bond motifs is 1. The molecule has 9 nitrogen and oxygen atoms in total. The highest BCUT2D eigenvalue weighted by atomic mass is 19.4. The molecule has 1 saturated heterocycles. The fourth-order valence-corrected chi connectivity index (χ4v) is 4.85. The Balaban J connectivity index is 1.37. The number of H-pyrrole nitrogens is 2. The quantitative estimate of drug-likeness (QED) is 0.161. The summed E-state index contributed by atoms with van der Waals surface area (Å²) in [6.45, 7) is 1.82. The molecule has 0 bridgehead atoms. The summed E-state index contributed by atoms with van der Waals surface area (Å²) in [6, 6.07) is 18.2. The molecule has 1 aliphatic rings. The molecule has 0 saturated carbocycles. The van der Waals surface area contributed by atoms with E-state index in [1.165, 1.54) is 5.56 Å². The van der Waals surface area contributed by atoms with Gasteiger partial charge in [-0.15, -0.1) is 4.68 Å². The summed E-state index contributed by atoms with van der Waals surface area (Å²) < 4.78 is 40.3. The number of hydrogen-bond acceptors (Lipinski definition) is 2. The van der Waals surface area contributed by atoms with E-state index in [1.54, 1.807) is 0 Å². The lowest BCUT2D eigenvalue weighted by atomic mass is 10.0. The van der Waals surface area contributed by atoms with Crippen molar-refractivity contribution in [3.63, 3.8) is 0 Å². The highest BCUT2D eigenvalue weighted by molar-refractivity contribution is 6.05. The number of carbonyl (C=O) groups is 1. The first-order valence-electron chi connectivity index (χ1n) is 12.4. The highest BCUT2D eigenvalue weighted by Gasteiger charge is 2.43. The van der Waals surface area contributed by atoms with Crippen molar-refractivity contribution < 1.29 is 28.1 Å². The number of amides is 1. The number of nitrogens with one attached hydrogen (secondary N) is 2. The molecule has 0 aliphatic carbocycles. The topological polar surface area (TPSA) is 123 Å². The monoisotopic (exact) mass is 538 g/mol. The van der Waals surface area contributed by atoms with Crippen molar-refractivity contribution in [2.24, 2.45) is 10.7 Å². The van der Waals surface area contributed by atoms with E-state index in [2.05, 4.69) is 33.4 Å². The molecule has 0 spiro atoms. The fraction of sp³-hybridized carbons (Fsp3) is 0.259. The van der Waals surface area contributed by atoms with Crippen LogP contribution in [0.25, 0.3) is 22.0 Å². The number of benzene rings is 2. The number of aromatic amines is 2. The molecule has 3 heterocycles. The predicted octanol–water partition coefficient (Wildman–Crippen LogP) is 1.20. The van der Waals surface area contributed by atoms with Crippen molar-refractivity contribution >= 4 is 29.0 Å². The zero-order valence-electron chi connectivity index (χ0n) is 21.1. The van der Waals surface area contributed by atoms with Crippen LogP contribution in [0, 0.1) is 0 Å². The van der Waals surface area contributed by atoms with Crippen LogP contribution in [0.15, 0.2) is 65.8 Å².